The maximum absolute atomic E-state index is 13.7. The van der Waals surface area contributed by atoms with Crippen LogP contribution in [0, 0.1) is 17.6 Å². The normalized spacial score (nSPS) is 16.4. The number of halogens is 3. The van der Waals surface area contributed by atoms with Gasteiger partial charge in [-0.25, -0.2) is 13.8 Å². The van der Waals surface area contributed by atoms with Crippen molar-refractivity contribution in [3.63, 3.8) is 0 Å². The number of hydrogen-bond donors (Lipinski definition) is 1. The number of rotatable bonds is 6. The van der Waals surface area contributed by atoms with Crippen LogP contribution in [0.25, 0.3) is 0 Å². The van der Waals surface area contributed by atoms with Crippen LogP contribution in [0.4, 0.5) is 18.9 Å². The lowest BCUT2D eigenvalue weighted by molar-refractivity contribution is 0.176. The molecule has 1 N–H and O–H groups in total. The summed E-state index contributed by atoms with van der Waals surface area (Å²) in [6.45, 7) is 2.16. The zero-order valence-electron chi connectivity index (χ0n) is 15.9. The van der Waals surface area contributed by atoms with Gasteiger partial charge in [-0.2, -0.15) is 4.39 Å². The summed E-state index contributed by atoms with van der Waals surface area (Å²) >= 11 is 0. The fourth-order valence-electron chi connectivity index (χ4n) is 3.85. The summed E-state index contributed by atoms with van der Waals surface area (Å²) in [7, 11) is 0. The van der Waals surface area contributed by atoms with E-state index in [2.05, 4.69) is 15.2 Å². The van der Waals surface area contributed by atoms with Gasteiger partial charge >= 0.3 is 0 Å². The Morgan fingerprint density at radius 3 is 2.48 bits per heavy atom. The summed E-state index contributed by atoms with van der Waals surface area (Å²) in [5.74, 6) is -0.975. The molecule has 0 radical (unpaired) electrons. The van der Waals surface area contributed by atoms with Gasteiger partial charge in [-0.1, -0.05) is 18.2 Å². The smallest absolute Gasteiger partial charge is 0.212 e. The third-order valence-electron chi connectivity index (χ3n) is 5.35. The van der Waals surface area contributed by atoms with Crippen molar-refractivity contribution in [3.05, 3.63) is 95.1 Å². The van der Waals surface area contributed by atoms with Gasteiger partial charge in [-0.3, -0.25) is 4.90 Å². The van der Waals surface area contributed by atoms with Gasteiger partial charge in [0, 0.05) is 25.7 Å². The van der Waals surface area contributed by atoms with Gasteiger partial charge < -0.3 is 5.32 Å². The first kappa shape index (κ1) is 19.5. The Morgan fingerprint density at radius 2 is 1.72 bits per heavy atom. The largest absolute Gasteiger partial charge is 0.383 e. The molecule has 4 rings (SSSR count). The van der Waals surface area contributed by atoms with Gasteiger partial charge in [0.1, 0.15) is 11.6 Å². The number of pyridine rings is 1. The Labute approximate surface area is 168 Å². The lowest BCUT2D eigenvalue weighted by Crippen LogP contribution is -2.44. The summed E-state index contributed by atoms with van der Waals surface area (Å²) in [5.41, 5.74) is 3.98. The number of benzene rings is 2. The number of aromatic nitrogens is 1. The van der Waals surface area contributed by atoms with Crippen molar-refractivity contribution >= 4 is 5.69 Å². The van der Waals surface area contributed by atoms with Crippen molar-refractivity contribution in [1.29, 1.82) is 0 Å². The van der Waals surface area contributed by atoms with Gasteiger partial charge in [0.25, 0.3) is 0 Å². The summed E-state index contributed by atoms with van der Waals surface area (Å²) in [6, 6.07) is 14.7. The van der Waals surface area contributed by atoms with Crippen LogP contribution in [0.3, 0.4) is 0 Å². The number of hydrogen-bond acceptors (Lipinski definition) is 3. The second-order valence-electron chi connectivity index (χ2n) is 7.37. The molecule has 3 aromatic rings. The molecule has 0 saturated heterocycles. The molecule has 3 nitrogen and oxygen atoms in total. The number of nitrogens with zero attached hydrogens (tertiary/aromatic N) is 2. The van der Waals surface area contributed by atoms with Gasteiger partial charge in [0.05, 0.1) is 11.9 Å². The highest BCUT2D eigenvalue weighted by atomic mass is 19.1. The van der Waals surface area contributed by atoms with Crippen molar-refractivity contribution in [1.82, 2.24) is 9.88 Å². The van der Waals surface area contributed by atoms with E-state index in [0.717, 1.165) is 48.3 Å². The molecule has 150 valence electrons. The minimum Gasteiger partial charge on any atom is -0.383 e. The van der Waals surface area contributed by atoms with Crippen LogP contribution >= 0.6 is 0 Å². The lowest BCUT2D eigenvalue weighted by atomic mass is 9.90. The van der Waals surface area contributed by atoms with Crippen molar-refractivity contribution in [2.24, 2.45) is 0 Å². The zero-order chi connectivity index (χ0) is 20.2. The first-order valence-corrected chi connectivity index (χ1v) is 9.68. The fourth-order valence-corrected chi connectivity index (χ4v) is 3.85. The number of anilines is 1. The standard InChI is InChI=1S/C23H22F3N3/c24-19-4-1-16(2-5-19)11-22-13-18-12-20(25)6-3-17(18)15-29(22)10-9-27-21-7-8-23(26)28-14-21/h1-8,12,14,22,27H,9-11,13,15H2. The van der Waals surface area contributed by atoms with Gasteiger partial charge in [-0.15, -0.1) is 0 Å². The molecule has 2 aromatic carbocycles. The molecule has 0 amide bonds. The van der Waals surface area contributed by atoms with E-state index in [0.29, 0.717) is 6.54 Å². The quantitative estimate of drug-likeness (QED) is 0.617. The van der Waals surface area contributed by atoms with E-state index < -0.39 is 5.95 Å². The third-order valence-corrected chi connectivity index (χ3v) is 5.35. The molecule has 29 heavy (non-hydrogen) atoms. The molecule has 0 spiro atoms. The van der Waals surface area contributed by atoms with E-state index in [-0.39, 0.29) is 17.7 Å². The predicted octanol–water partition coefficient (Wildman–Crippen LogP) is 4.58. The molecular weight excluding hydrogens is 375 g/mol. The van der Waals surface area contributed by atoms with E-state index in [1.54, 1.807) is 24.3 Å². The lowest BCUT2D eigenvalue weighted by Gasteiger charge is -2.37. The Balaban J connectivity index is 1.47. The van der Waals surface area contributed by atoms with Crippen LogP contribution in [0.2, 0.25) is 0 Å². The SMILES string of the molecule is Fc1ccc(CC2Cc3cc(F)ccc3CN2CCNc2ccc(F)nc2)cc1. The summed E-state index contributed by atoms with van der Waals surface area (Å²) in [4.78, 5) is 6.01. The monoisotopic (exact) mass is 397 g/mol. The fraction of sp³-hybridized carbons (Fsp3) is 0.261. The third kappa shape index (κ3) is 4.95. The van der Waals surface area contributed by atoms with E-state index in [9.17, 15) is 13.2 Å². The van der Waals surface area contributed by atoms with Crippen LogP contribution < -0.4 is 5.32 Å². The summed E-state index contributed by atoms with van der Waals surface area (Å²) in [5, 5.41) is 3.26. The molecule has 2 heterocycles. The van der Waals surface area contributed by atoms with Crippen LogP contribution in [0.1, 0.15) is 16.7 Å². The first-order chi connectivity index (χ1) is 14.1. The second-order valence-corrected chi connectivity index (χ2v) is 7.37. The molecule has 0 aliphatic carbocycles. The molecule has 0 saturated carbocycles. The Bertz CT molecular complexity index is 958. The van der Waals surface area contributed by atoms with Crippen molar-refractivity contribution in [2.45, 2.75) is 25.4 Å². The molecule has 1 aromatic heterocycles. The van der Waals surface area contributed by atoms with E-state index in [1.807, 2.05) is 6.07 Å². The highest BCUT2D eigenvalue weighted by molar-refractivity contribution is 5.40. The van der Waals surface area contributed by atoms with Gasteiger partial charge in [0.2, 0.25) is 5.95 Å². The van der Waals surface area contributed by atoms with E-state index in [4.69, 9.17) is 0 Å². The zero-order valence-corrected chi connectivity index (χ0v) is 15.9. The molecule has 1 aliphatic rings. The highest BCUT2D eigenvalue weighted by Crippen LogP contribution is 2.26. The van der Waals surface area contributed by atoms with Crippen LogP contribution in [0.15, 0.2) is 60.8 Å². The molecule has 0 bridgehead atoms. The predicted molar refractivity (Wildman–Crippen MR) is 107 cm³/mol. The second kappa shape index (κ2) is 8.66. The summed E-state index contributed by atoms with van der Waals surface area (Å²) in [6.07, 6.45) is 2.97. The number of nitrogens with one attached hydrogen (secondary N) is 1. The van der Waals surface area contributed by atoms with Crippen LogP contribution in [-0.2, 0) is 19.4 Å². The van der Waals surface area contributed by atoms with Crippen molar-refractivity contribution in [2.75, 3.05) is 18.4 Å². The van der Waals surface area contributed by atoms with Crippen LogP contribution in [-0.4, -0.2) is 29.0 Å². The maximum atomic E-state index is 13.7. The minimum absolute atomic E-state index is 0.183. The van der Waals surface area contributed by atoms with Gasteiger partial charge in [-0.05, 0) is 65.9 Å². The number of fused-ring (bicyclic) bond motifs is 1. The first-order valence-electron chi connectivity index (χ1n) is 9.68. The topological polar surface area (TPSA) is 28.2 Å². The Kier molecular flexibility index (Phi) is 5.81. The van der Waals surface area contributed by atoms with Gasteiger partial charge in [0.15, 0.2) is 0 Å². The molecule has 0 fully saturated rings. The van der Waals surface area contributed by atoms with Crippen molar-refractivity contribution < 1.29 is 13.2 Å². The Morgan fingerprint density at radius 1 is 0.931 bits per heavy atom. The molecule has 6 heteroatoms. The molecule has 1 atom stereocenters. The van der Waals surface area contributed by atoms with E-state index >= 15 is 0 Å². The maximum Gasteiger partial charge on any atom is 0.212 e. The molecule has 1 unspecified atom stereocenters. The average Bonchev–Trinajstić information content (AvgIpc) is 2.71. The highest BCUT2D eigenvalue weighted by Gasteiger charge is 2.26. The summed E-state index contributed by atoms with van der Waals surface area (Å²) < 4.78 is 39.9. The minimum atomic E-state index is -0.505. The van der Waals surface area contributed by atoms with Crippen molar-refractivity contribution in [3.8, 4) is 0 Å². The molecule has 1 aliphatic heterocycles. The average molecular weight is 397 g/mol. The van der Waals surface area contributed by atoms with Crippen LogP contribution in [0.5, 0.6) is 0 Å². The Hall–Kier alpha value is -2.86. The molecular formula is C23H22F3N3. The van der Waals surface area contributed by atoms with E-state index in [1.165, 1.54) is 30.5 Å².